The minimum atomic E-state index is -0.489. The smallest absolute Gasteiger partial charge is 0.410 e. The van der Waals surface area contributed by atoms with Crippen molar-refractivity contribution in [1.29, 1.82) is 0 Å². The SMILES string of the molecule is CN=C(NCCc1ccn(-c2ccc(F)cc2)n1)NC1CN(C(=O)OC(C)(C)C)C1.I. The maximum absolute atomic E-state index is 13.0. The van der Waals surface area contributed by atoms with Crippen molar-refractivity contribution in [3.63, 3.8) is 0 Å². The van der Waals surface area contributed by atoms with Crippen molar-refractivity contribution >= 4 is 36.0 Å². The van der Waals surface area contributed by atoms with Gasteiger partial charge in [0.25, 0.3) is 0 Å². The molecule has 1 fully saturated rings. The maximum Gasteiger partial charge on any atom is 0.410 e. The van der Waals surface area contributed by atoms with Gasteiger partial charge in [-0.05, 0) is 51.1 Å². The predicted octanol–water partition coefficient (Wildman–Crippen LogP) is 2.96. The molecule has 1 aromatic carbocycles. The summed E-state index contributed by atoms with van der Waals surface area (Å²) in [6, 6.07) is 8.29. The Morgan fingerprint density at radius 1 is 1.26 bits per heavy atom. The summed E-state index contributed by atoms with van der Waals surface area (Å²) in [6.45, 7) is 7.39. The highest BCUT2D eigenvalue weighted by atomic mass is 127. The number of ether oxygens (including phenoxy) is 1. The van der Waals surface area contributed by atoms with Gasteiger partial charge in [-0.2, -0.15) is 5.10 Å². The van der Waals surface area contributed by atoms with E-state index in [1.165, 1.54) is 12.1 Å². The molecule has 0 spiro atoms. The summed E-state index contributed by atoms with van der Waals surface area (Å²) in [5.74, 6) is 0.414. The molecule has 1 aliphatic rings. The summed E-state index contributed by atoms with van der Waals surface area (Å²) >= 11 is 0. The Hall–Kier alpha value is -2.37. The summed E-state index contributed by atoms with van der Waals surface area (Å²) < 4.78 is 20.1. The molecule has 1 amide bonds. The molecule has 31 heavy (non-hydrogen) atoms. The van der Waals surface area contributed by atoms with Crippen molar-refractivity contribution in [1.82, 2.24) is 25.3 Å². The van der Waals surface area contributed by atoms with Crippen LogP contribution < -0.4 is 10.6 Å². The molecule has 2 heterocycles. The zero-order valence-electron chi connectivity index (χ0n) is 18.3. The van der Waals surface area contributed by atoms with Crippen LogP contribution in [0.5, 0.6) is 0 Å². The highest BCUT2D eigenvalue weighted by molar-refractivity contribution is 14.0. The topological polar surface area (TPSA) is 83.8 Å². The molecule has 1 saturated heterocycles. The van der Waals surface area contributed by atoms with E-state index in [1.807, 2.05) is 33.0 Å². The fourth-order valence-electron chi connectivity index (χ4n) is 2.98. The fourth-order valence-corrected chi connectivity index (χ4v) is 2.98. The lowest BCUT2D eigenvalue weighted by Gasteiger charge is -2.40. The van der Waals surface area contributed by atoms with Crippen LogP contribution in [-0.4, -0.2) is 65.1 Å². The Bertz CT molecular complexity index is 888. The first-order chi connectivity index (χ1) is 14.2. The summed E-state index contributed by atoms with van der Waals surface area (Å²) in [6.07, 6.45) is 2.28. The predicted molar refractivity (Wildman–Crippen MR) is 129 cm³/mol. The maximum atomic E-state index is 13.0. The van der Waals surface area contributed by atoms with Crippen LogP contribution in [0.15, 0.2) is 41.5 Å². The normalized spacial score (nSPS) is 14.5. The number of aromatic nitrogens is 2. The highest BCUT2D eigenvalue weighted by Crippen LogP contribution is 2.15. The Balaban J connectivity index is 0.00000341. The third kappa shape index (κ3) is 7.37. The Labute approximate surface area is 199 Å². The molecule has 0 atom stereocenters. The molecule has 170 valence electrons. The number of rotatable bonds is 5. The van der Waals surface area contributed by atoms with Crippen LogP contribution in [0.3, 0.4) is 0 Å². The van der Waals surface area contributed by atoms with Crippen LogP contribution in [0.2, 0.25) is 0 Å². The number of likely N-dealkylation sites (tertiary alicyclic amines) is 1. The van der Waals surface area contributed by atoms with Crippen LogP contribution in [0.25, 0.3) is 5.69 Å². The number of carbonyl (C=O) groups is 1. The number of hydrogen-bond donors (Lipinski definition) is 2. The van der Waals surface area contributed by atoms with E-state index in [-0.39, 0.29) is 41.9 Å². The van der Waals surface area contributed by atoms with E-state index in [0.717, 1.165) is 11.4 Å². The number of nitrogens with zero attached hydrogens (tertiary/aromatic N) is 4. The van der Waals surface area contributed by atoms with Crippen LogP contribution in [-0.2, 0) is 11.2 Å². The van der Waals surface area contributed by atoms with Crippen molar-refractivity contribution in [2.45, 2.75) is 38.8 Å². The molecule has 0 radical (unpaired) electrons. The lowest BCUT2D eigenvalue weighted by Crippen LogP contribution is -2.63. The number of halogens is 2. The molecule has 0 unspecified atom stereocenters. The molecule has 2 aromatic rings. The molecule has 3 rings (SSSR count). The zero-order valence-corrected chi connectivity index (χ0v) is 20.6. The first kappa shape index (κ1) is 24.9. The standard InChI is InChI=1S/C21H29FN6O2.HI/c1-21(2,3)30-20(29)27-13-17(14-27)25-19(23-4)24-11-9-16-10-12-28(26-16)18-7-5-15(22)6-8-18;/h5-8,10,12,17H,9,11,13-14H2,1-4H3,(H2,23,24,25);1H. The van der Waals surface area contributed by atoms with Crippen molar-refractivity contribution in [3.05, 3.63) is 48.0 Å². The Kier molecular flexibility index (Phi) is 8.66. The number of benzene rings is 1. The van der Waals surface area contributed by atoms with Crippen LogP contribution in [0.1, 0.15) is 26.5 Å². The quantitative estimate of drug-likeness (QED) is 0.344. The number of hydrogen-bond acceptors (Lipinski definition) is 4. The molecule has 0 aliphatic carbocycles. The van der Waals surface area contributed by atoms with Gasteiger partial charge in [0.05, 0.1) is 17.4 Å². The van der Waals surface area contributed by atoms with E-state index in [2.05, 4.69) is 20.7 Å². The minimum absolute atomic E-state index is 0. The van der Waals surface area contributed by atoms with Crippen molar-refractivity contribution in [2.24, 2.45) is 4.99 Å². The Morgan fingerprint density at radius 2 is 1.94 bits per heavy atom. The van der Waals surface area contributed by atoms with Crippen LogP contribution in [0, 0.1) is 5.82 Å². The van der Waals surface area contributed by atoms with Gasteiger partial charge >= 0.3 is 6.09 Å². The summed E-state index contributed by atoms with van der Waals surface area (Å²) in [4.78, 5) is 17.9. The summed E-state index contributed by atoms with van der Waals surface area (Å²) in [7, 11) is 1.71. The fraction of sp³-hybridized carbons (Fsp3) is 0.476. The van der Waals surface area contributed by atoms with E-state index in [9.17, 15) is 9.18 Å². The van der Waals surface area contributed by atoms with E-state index < -0.39 is 5.60 Å². The molecule has 1 aromatic heterocycles. The minimum Gasteiger partial charge on any atom is -0.444 e. The van der Waals surface area contributed by atoms with Gasteiger partial charge in [-0.1, -0.05) is 0 Å². The highest BCUT2D eigenvalue weighted by Gasteiger charge is 2.34. The first-order valence-corrected chi connectivity index (χ1v) is 9.99. The average Bonchev–Trinajstić information content (AvgIpc) is 3.10. The second-order valence-corrected chi connectivity index (χ2v) is 8.20. The number of guanidine groups is 1. The van der Waals surface area contributed by atoms with E-state index in [1.54, 1.807) is 28.8 Å². The molecule has 2 N–H and O–H groups in total. The van der Waals surface area contributed by atoms with E-state index >= 15 is 0 Å². The lowest BCUT2D eigenvalue weighted by atomic mass is 10.1. The molecule has 8 nitrogen and oxygen atoms in total. The summed E-state index contributed by atoms with van der Waals surface area (Å²) in [5, 5.41) is 11.1. The molecule has 10 heteroatoms. The van der Waals surface area contributed by atoms with Crippen LogP contribution >= 0.6 is 24.0 Å². The molecular formula is C21H30FIN6O2. The number of nitrogens with one attached hydrogen (secondary N) is 2. The second kappa shape index (κ2) is 10.8. The van der Waals surface area contributed by atoms with Gasteiger partial charge in [0.15, 0.2) is 5.96 Å². The number of carbonyl (C=O) groups excluding carboxylic acids is 1. The second-order valence-electron chi connectivity index (χ2n) is 8.20. The van der Waals surface area contributed by atoms with Crippen molar-refractivity contribution < 1.29 is 13.9 Å². The third-order valence-corrected chi connectivity index (χ3v) is 4.51. The first-order valence-electron chi connectivity index (χ1n) is 9.99. The van der Waals surface area contributed by atoms with Crippen molar-refractivity contribution in [2.75, 3.05) is 26.7 Å². The lowest BCUT2D eigenvalue weighted by molar-refractivity contribution is 0.00701. The number of aliphatic imine (C=N–C) groups is 1. The summed E-state index contributed by atoms with van der Waals surface area (Å²) in [5.41, 5.74) is 1.24. The third-order valence-electron chi connectivity index (χ3n) is 4.51. The van der Waals surface area contributed by atoms with Gasteiger partial charge in [0.2, 0.25) is 0 Å². The van der Waals surface area contributed by atoms with Gasteiger partial charge in [0, 0.05) is 39.3 Å². The average molecular weight is 544 g/mol. The molecule has 0 bridgehead atoms. The van der Waals surface area contributed by atoms with Gasteiger partial charge in [-0.25, -0.2) is 13.9 Å². The van der Waals surface area contributed by atoms with E-state index in [4.69, 9.17) is 4.74 Å². The zero-order chi connectivity index (χ0) is 21.7. The molecule has 1 aliphatic heterocycles. The molecule has 0 saturated carbocycles. The van der Waals surface area contributed by atoms with Crippen molar-refractivity contribution in [3.8, 4) is 5.69 Å². The molecular weight excluding hydrogens is 514 g/mol. The monoisotopic (exact) mass is 544 g/mol. The van der Waals surface area contributed by atoms with Gasteiger partial charge in [0.1, 0.15) is 11.4 Å². The van der Waals surface area contributed by atoms with E-state index in [0.29, 0.717) is 32.0 Å². The van der Waals surface area contributed by atoms with Gasteiger partial charge in [-0.3, -0.25) is 4.99 Å². The number of amides is 1. The Morgan fingerprint density at radius 3 is 2.55 bits per heavy atom. The van der Waals surface area contributed by atoms with Crippen LogP contribution in [0.4, 0.5) is 9.18 Å². The van der Waals surface area contributed by atoms with Gasteiger partial charge < -0.3 is 20.3 Å². The largest absolute Gasteiger partial charge is 0.444 e. The van der Waals surface area contributed by atoms with Gasteiger partial charge in [-0.15, -0.1) is 24.0 Å².